The van der Waals surface area contributed by atoms with Gasteiger partial charge in [0.25, 0.3) is 5.91 Å². The first-order valence-corrected chi connectivity index (χ1v) is 7.89. The number of carbonyl (C=O) groups excluding carboxylic acids is 2. The molecule has 0 saturated carbocycles. The summed E-state index contributed by atoms with van der Waals surface area (Å²) in [4.78, 5) is 26.6. The number of hydrogen-bond acceptors (Lipinski definition) is 2. The largest absolute Gasteiger partial charge is 0.350 e. The van der Waals surface area contributed by atoms with Gasteiger partial charge >= 0.3 is 0 Å². The first-order chi connectivity index (χ1) is 11.5. The lowest BCUT2D eigenvalue weighted by Gasteiger charge is -2.09. The van der Waals surface area contributed by atoms with E-state index in [0.29, 0.717) is 15.9 Å². The molecule has 3 N–H and O–H groups in total. The number of carbonyl (C=O) groups is 2. The van der Waals surface area contributed by atoms with Crippen LogP contribution in [-0.4, -0.2) is 16.8 Å². The minimum atomic E-state index is -0.593. The molecule has 0 saturated heterocycles. The van der Waals surface area contributed by atoms with E-state index in [-0.39, 0.29) is 11.6 Å². The molecule has 0 spiro atoms. The third kappa shape index (κ3) is 3.16. The molecule has 0 atom stereocenters. The molecule has 0 bridgehead atoms. The third-order valence-electron chi connectivity index (χ3n) is 3.40. The van der Waals surface area contributed by atoms with E-state index in [1.165, 1.54) is 25.1 Å². The molecule has 24 heavy (non-hydrogen) atoms. The number of halogens is 2. The van der Waals surface area contributed by atoms with Crippen LogP contribution in [0.2, 0.25) is 0 Å². The lowest BCUT2D eigenvalue weighted by Crippen LogP contribution is -2.14. The van der Waals surface area contributed by atoms with E-state index >= 15 is 0 Å². The molecule has 1 heterocycles. The molecule has 3 aromatic rings. The predicted octanol–water partition coefficient (Wildman–Crippen LogP) is 4.28. The Balaban J connectivity index is 1.91. The molecule has 3 rings (SSSR count). The number of hydrogen-bond donors (Lipinski definition) is 3. The minimum absolute atomic E-state index is 0.0168. The van der Waals surface area contributed by atoms with Gasteiger partial charge in [0.15, 0.2) is 0 Å². The van der Waals surface area contributed by atoms with Crippen LogP contribution in [0.15, 0.2) is 46.9 Å². The molecule has 1 aromatic heterocycles. The molecule has 0 fully saturated rings. The Morgan fingerprint density at radius 1 is 1.12 bits per heavy atom. The van der Waals surface area contributed by atoms with Crippen LogP contribution in [0, 0.1) is 5.82 Å². The van der Waals surface area contributed by atoms with E-state index in [1.54, 1.807) is 0 Å². The fraction of sp³-hybridized carbons (Fsp3) is 0.0588. The average molecular weight is 390 g/mol. The van der Waals surface area contributed by atoms with Crippen molar-refractivity contribution in [1.29, 1.82) is 0 Å². The summed E-state index contributed by atoms with van der Waals surface area (Å²) >= 11 is 3.39. The molecular weight excluding hydrogens is 377 g/mol. The topological polar surface area (TPSA) is 74.0 Å². The number of rotatable bonds is 3. The van der Waals surface area contributed by atoms with Gasteiger partial charge in [-0.05, 0) is 40.2 Å². The van der Waals surface area contributed by atoms with Gasteiger partial charge in [0, 0.05) is 23.5 Å². The molecule has 0 unspecified atom stereocenters. The van der Waals surface area contributed by atoms with Crippen LogP contribution in [0.25, 0.3) is 10.9 Å². The molecule has 2 amide bonds. The summed E-state index contributed by atoms with van der Waals surface area (Å²) < 4.78 is 14.5. The zero-order valence-electron chi connectivity index (χ0n) is 12.6. The van der Waals surface area contributed by atoms with Gasteiger partial charge in [0.2, 0.25) is 5.91 Å². The number of aromatic amines is 1. The number of para-hydroxylation sites is 1. The van der Waals surface area contributed by atoms with E-state index in [4.69, 9.17) is 0 Å². The van der Waals surface area contributed by atoms with Crippen LogP contribution < -0.4 is 10.6 Å². The summed E-state index contributed by atoms with van der Waals surface area (Å²) in [6, 6.07) is 11.4. The monoisotopic (exact) mass is 389 g/mol. The molecule has 0 aliphatic rings. The minimum Gasteiger partial charge on any atom is -0.350 e. The third-order valence-corrected chi connectivity index (χ3v) is 4.23. The second-order valence-electron chi connectivity index (χ2n) is 5.19. The van der Waals surface area contributed by atoms with Gasteiger partial charge in [0.1, 0.15) is 11.5 Å². The van der Waals surface area contributed by atoms with Crippen LogP contribution >= 0.6 is 15.9 Å². The van der Waals surface area contributed by atoms with Gasteiger partial charge in [-0.25, -0.2) is 4.39 Å². The maximum absolute atomic E-state index is 13.9. The van der Waals surface area contributed by atoms with Crippen molar-refractivity contribution in [3.8, 4) is 0 Å². The Hall–Kier alpha value is -2.67. The summed E-state index contributed by atoms with van der Waals surface area (Å²) in [5.74, 6) is -1.36. The zero-order chi connectivity index (χ0) is 17.3. The quantitative estimate of drug-likeness (QED) is 0.625. The van der Waals surface area contributed by atoms with E-state index in [2.05, 4.69) is 31.5 Å². The first-order valence-electron chi connectivity index (χ1n) is 7.10. The number of nitrogens with one attached hydrogen (secondary N) is 3. The Morgan fingerprint density at radius 3 is 2.58 bits per heavy atom. The van der Waals surface area contributed by atoms with Gasteiger partial charge in [-0.3, -0.25) is 9.59 Å². The maximum Gasteiger partial charge on any atom is 0.273 e. The van der Waals surface area contributed by atoms with Crippen molar-refractivity contribution in [3.05, 3.63) is 58.4 Å². The van der Waals surface area contributed by atoms with Crippen LogP contribution in [0.3, 0.4) is 0 Å². The van der Waals surface area contributed by atoms with Gasteiger partial charge in [-0.1, -0.05) is 18.2 Å². The van der Waals surface area contributed by atoms with Crippen molar-refractivity contribution in [1.82, 2.24) is 4.98 Å². The van der Waals surface area contributed by atoms with Gasteiger partial charge in [0.05, 0.1) is 10.2 Å². The fourth-order valence-electron chi connectivity index (χ4n) is 2.35. The SMILES string of the molecule is CC(=O)Nc1ccc(F)c(NC(=O)c2[nH]c3ccccc3c2Br)c1. The smallest absolute Gasteiger partial charge is 0.273 e. The van der Waals surface area contributed by atoms with Crippen LogP contribution in [0.5, 0.6) is 0 Å². The van der Waals surface area contributed by atoms with Crippen molar-refractivity contribution in [2.75, 3.05) is 10.6 Å². The Labute approximate surface area is 145 Å². The summed E-state index contributed by atoms with van der Waals surface area (Å²) in [6.07, 6.45) is 0. The van der Waals surface area contributed by atoms with Crippen molar-refractivity contribution in [2.24, 2.45) is 0 Å². The van der Waals surface area contributed by atoms with Gasteiger partial charge in [-0.2, -0.15) is 0 Å². The summed E-state index contributed by atoms with van der Waals surface area (Å²) in [6.45, 7) is 1.35. The van der Waals surface area contributed by atoms with Crippen molar-refractivity contribution >= 4 is 50.0 Å². The molecule has 0 aliphatic carbocycles. The van der Waals surface area contributed by atoms with E-state index in [1.807, 2.05) is 24.3 Å². The van der Waals surface area contributed by atoms with Crippen LogP contribution in [-0.2, 0) is 4.79 Å². The summed E-state index contributed by atoms with van der Waals surface area (Å²) in [5, 5.41) is 5.92. The molecule has 122 valence electrons. The molecule has 0 radical (unpaired) electrons. The van der Waals surface area contributed by atoms with E-state index in [0.717, 1.165) is 10.9 Å². The lowest BCUT2D eigenvalue weighted by atomic mass is 10.2. The fourth-order valence-corrected chi connectivity index (χ4v) is 2.98. The van der Waals surface area contributed by atoms with Crippen LogP contribution in [0.1, 0.15) is 17.4 Å². The van der Waals surface area contributed by atoms with Crippen molar-refractivity contribution < 1.29 is 14.0 Å². The van der Waals surface area contributed by atoms with Crippen molar-refractivity contribution in [2.45, 2.75) is 6.92 Å². The highest BCUT2D eigenvalue weighted by Crippen LogP contribution is 2.29. The summed E-state index contributed by atoms with van der Waals surface area (Å²) in [7, 11) is 0. The predicted molar refractivity (Wildman–Crippen MR) is 94.7 cm³/mol. The number of benzene rings is 2. The lowest BCUT2D eigenvalue weighted by molar-refractivity contribution is -0.114. The van der Waals surface area contributed by atoms with Gasteiger partial charge < -0.3 is 15.6 Å². The highest BCUT2D eigenvalue weighted by Gasteiger charge is 2.17. The summed E-state index contributed by atoms with van der Waals surface area (Å²) in [5.41, 5.74) is 1.47. The molecule has 5 nitrogen and oxygen atoms in total. The second kappa shape index (κ2) is 6.45. The maximum atomic E-state index is 13.9. The van der Waals surface area contributed by atoms with E-state index < -0.39 is 11.7 Å². The highest BCUT2D eigenvalue weighted by molar-refractivity contribution is 9.10. The first kappa shape index (κ1) is 16.2. The van der Waals surface area contributed by atoms with Crippen LogP contribution in [0.4, 0.5) is 15.8 Å². The molecule has 0 aliphatic heterocycles. The molecular formula is C17H13BrFN3O2. The highest BCUT2D eigenvalue weighted by atomic mass is 79.9. The standard InChI is InChI=1S/C17H13BrFN3O2/c1-9(23)20-10-6-7-12(19)14(8-10)22-17(24)16-15(18)11-4-2-3-5-13(11)21-16/h2-8,21H,1H3,(H,20,23)(H,22,24). The Kier molecular flexibility index (Phi) is 4.35. The molecule has 2 aromatic carbocycles. The number of anilines is 2. The number of fused-ring (bicyclic) bond motifs is 1. The Morgan fingerprint density at radius 2 is 1.88 bits per heavy atom. The Bertz CT molecular complexity index is 952. The van der Waals surface area contributed by atoms with Gasteiger partial charge in [-0.15, -0.1) is 0 Å². The molecule has 7 heteroatoms. The van der Waals surface area contributed by atoms with Crippen molar-refractivity contribution in [3.63, 3.8) is 0 Å². The second-order valence-corrected chi connectivity index (χ2v) is 5.98. The normalized spacial score (nSPS) is 10.6. The number of amides is 2. The average Bonchev–Trinajstić information content (AvgIpc) is 2.88. The number of H-pyrrole nitrogens is 1. The zero-order valence-corrected chi connectivity index (χ0v) is 14.2. The number of aromatic nitrogens is 1. The van der Waals surface area contributed by atoms with E-state index in [9.17, 15) is 14.0 Å².